The summed E-state index contributed by atoms with van der Waals surface area (Å²) in [7, 11) is 0. The Hall–Kier alpha value is -2.43. The van der Waals surface area contributed by atoms with Gasteiger partial charge in [0.05, 0.1) is 0 Å². The number of para-hydroxylation sites is 1. The van der Waals surface area contributed by atoms with Crippen LogP contribution in [0.2, 0.25) is 0 Å². The highest BCUT2D eigenvalue weighted by atomic mass is 19.1. The van der Waals surface area contributed by atoms with Crippen LogP contribution in [0.5, 0.6) is 0 Å². The molecule has 0 saturated carbocycles. The number of hydrogen-bond acceptors (Lipinski definition) is 2. The number of anilines is 2. The Balaban J connectivity index is 1.85. The van der Waals surface area contributed by atoms with Crippen LogP contribution in [0.4, 0.5) is 20.2 Å². The van der Waals surface area contributed by atoms with Crippen molar-refractivity contribution >= 4 is 17.3 Å². The predicted molar refractivity (Wildman–Crippen MR) is 79.3 cm³/mol. The van der Waals surface area contributed by atoms with E-state index < -0.39 is 11.6 Å². The van der Waals surface area contributed by atoms with Crippen LogP contribution in [-0.2, 0) is 4.79 Å². The minimum absolute atomic E-state index is 0.113. The van der Waals surface area contributed by atoms with Crippen LogP contribution >= 0.6 is 0 Å². The zero-order valence-electron chi connectivity index (χ0n) is 11.6. The maximum absolute atomic E-state index is 13.4. The van der Waals surface area contributed by atoms with E-state index >= 15 is 0 Å². The van der Waals surface area contributed by atoms with Crippen molar-refractivity contribution in [2.75, 3.05) is 17.2 Å². The smallest absolute Gasteiger partial charge is 0.226 e. The second-order valence-corrected chi connectivity index (χ2v) is 4.69. The molecule has 0 unspecified atom stereocenters. The van der Waals surface area contributed by atoms with E-state index in [1.165, 1.54) is 6.07 Å². The van der Waals surface area contributed by atoms with Crippen molar-refractivity contribution in [3.05, 3.63) is 59.7 Å². The molecule has 0 aliphatic heterocycles. The third kappa shape index (κ3) is 4.27. The summed E-state index contributed by atoms with van der Waals surface area (Å²) in [6, 6.07) is 11.0. The standard InChI is InChI=1S/C16H16F2N2O/c1-11-4-2-5-12(10-11)20-15(21)8-9-19-16-13(17)6-3-7-14(16)18/h2-7,10,19H,8-9H2,1H3,(H,20,21). The lowest BCUT2D eigenvalue weighted by Gasteiger charge is -2.09. The Bertz CT molecular complexity index is 624. The first-order valence-corrected chi connectivity index (χ1v) is 6.60. The van der Waals surface area contributed by atoms with E-state index in [4.69, 9.17) is 0 Å². The largest absolute Gasteiger partial charge is 0.380 e. The summed E-state index contributed by atoms with van der Waals surface area (Å²) in [5.74, 6) is -1.56. The van der Waals surface area contributed by atoms with Gasteiger partial charge in [-0.05, 0) is 36.8 Å². The summed E-state index contributed by atoms with van der Waals surface area (Å²) in [5.41, 5.74) is 1.54. The number of amides is 1. The van der Waals surface area contributed by atoms with Crippen molar-refractivity contribution in [2.24, 2.45) is 0 Å². The molecule has 5 heteroatoms. The monoisotopic (exact) mass is 290 g/mol. The molecule has 110 valence electrons. The lowest BCUT2D eigenvalue weighted by Crippen LogP contribution is -2.17. The van der Waals surface area contributed by atoms with Crippen LogP contribution in [0.3, 0.4) is 0 Å². The van der Waals surface area contributed by atoms with Crippen LogP contribution in [0, 0.1) is 18.6 Å². The van der Waals surface area contributed by atoms with Gasteiger partial charge >= 0.3 is 0 Å². The van der Waals surface area contributed by atoms with Crippen LogP contribution in [-0.4, -0.2) is 12.5 Å². The number of nitrogens with one attached hydrogen (secondary N) is 2. The van der Waals surface area contributed by atoms with E-state index in [0.717, 1.165) is 17.7 Å². The van der Waals surface area contributed by atoms with Crippen molar-refractivity contribution in [2.45, 2.75) is 13.3 Å². The van der Waals surface area contributed by atoms with E-state index in [9.17, 15) is 13.6 Å². The minimum Gasteiger partial charge on any atom is -0.380 e. The molecule has 0 atom stereocenters. The van der Waals surface area contributed by atoms with Gasteiger partial charge in [-0.1, -0.05) is 18.2 Å². The molecule has 0 spiro atoms. The second-order valence-electron chi connectivity index (χ2n) is 4.69. The van der Waals surface area contributed by atoms with Gasteiger partial charge in [0.15, 0.2) is 0 Å². The SMILES string of the molecule is Cc1cccc(NC(=O)CCNc2c(F)cccc2F)c1. The summed E-state index contributed by atoms with van der Waals surface area (Å²) < 4.78 is 26.7. The summed E-state index contributed by atoms with van der Waals surface area (Å²) in [6.45, 7) is 2.08. The highest BCUT2D eigenvalue weighted by Crippen LogP contribution is 2.17. The topological polar surface area (TPSA) is 41.1 Å². The van der Waals surface area contributed by atoms with Crippen molar-refractivity contribution < 1.29 is 13.6 Å². The Morgan fingerprint density at radius 3 is 2.43 bits per heavy atom. The van der Waals surface area contributed by atoms with Gasteiger partial charge in [0.1, 0.15) is 17.3 Å². The average Bonchev–Trinajstić information content (AvgIpc) is 2.42. The quantitative estimate of drug-likeness (QED) is 0.881. The molecule has 2 aromatic carbocycles. The van der Waals surface area contributed by atoms with Crippen molar-refractivity contribution in [1.29, 1.82) is 0 Å². The third-order valence-electron chi connectivity index (χ3n) is 2.92. The average molecular weight is 290 g/mol. The number of halogens is 2. The van der Waals surface area contributed by atoms with E-state index in [1.807, 2.05) is 25.1 Å². The Morgan fingerprint density at radius 2 is 1.76 bits per heavy atom. The van der Waals surface area contributed by atoms with Gasteiger partial charge in [0.2, 0.25) is 5.91 Å². The fraction of sp³-hybridized carbons (Fsp3) is 0.188. The number of aryl methyl sites for hydroxylation is 1. The predicted octanol–water partition coefficient (Wildman–Crippen LogP) is 3.71. The molecule has 0 bridgehead atoms. The van der Waals surface area contributed by atoms with Crippen LogP contribution in [0.25, 0.3) is 0 Å². The molecule has 21 heavy (non-hydrogen) atoms. The molecule has 0 saturated heterocycles. The molecule has 0 aliphatic carbocycles. The van der Waals surface area contributed by atoms with Crippen molar-refractivity contribution in [1.82, 2.24) is 0 Å². The van der Waals surface area contributed by atoms with Crippen LogP contribution < -0.4 is 10.6 Å². The number of carbonyl (C=O) groups excluding carboxylic acids is 1. The summed E-state index contributed by atoms with van der Waals surface area (Å²) >= 11 is 0. The Morgan fingerprint density at radius 1 is 1.10 bits per heavy atom. The highest BCUT2D eigenvalue weighted by Gasteiger charge is 2.08. The summed E-state index contributed by atoms with van der Waals surface area (Å²) in [6.07, 6.45) is 0.113. The first-order chi connectivity index (χ1) is 10.1. The first kappa shape index (κ1) is 15.0. The second kappa shape index (κ2) is 6.83. The molecule has 0 aliphatic rings. The molecule has 2 aromatic rings. The molecule has 2 rings (SSSR count). The van der Waals surface area contributed by atoms with Crippen LogP contribution in [0.1, 0.15) is 12.0 Å². The number of benzene rings is 2. The molecular weight excluding hydrogens is 274 g/mol. The van der Waals surface area contributed by atoms with Gasteiger partial charge in [0.25, 0.3) is 0 Å². The zero-order valence-corrected chi connectivity index (χ0v) is 11.6. The fourth-order valence-electron chi connectivity index (χ4n) is 1.91. The number of hydrogen-bond donors (Lipinski definition) is 2. The van der Waals surface area contributed by atoms with Gasteiger partial charge in [-0.2, -0.15) is 0 Å². The highest BCUT2D eigenvalue weighted by molar-refractivity contribution is 5.91. The molecule has 0 radical (unpaired) electrons. The molecule has 0 aromatic heterocycles. The molecule has 1 amide bonds. The Labute approximate surface area is 122 Å². The normalized spacial score (nSPS) is 10.2. The minimum atomic E-state index is -0.672. The maximum Gasteiger partial charge on any atom is 0.226 e. The molecule has 3 nitrogen and oxygen atoms in total. The third-order valence-corrected chi connectivity index (χ3v) is 2.92. The van der Waals surface area contributed by atoms with Gasteiger partial charge in [0, 0.05) is 18.7 Å². The maximum atomic E-state index is 13.4. The van der Waals surface area contributed by atoms with E-state index in [0.29, 0.717) is 5.69 Å². The summed E-state index contributed by atoms with van der Waals surface area (Å²) in [4.78, 5) is 11.7. The lowest BCUT2D eigenvalue weighted by atomic mass is 10.2. The zero-order chi connectivity index (χ0) is 15.2. The lowest BCUT2D eigenvalue weighted by molar-refractivity contribution is -0.115. The molecular formula is C16H16F2N2O. The van der Waals surface area contributed by atoms with E-state index in [2.05, 4.69) is 10.6 Å². The van der Waals surface area contributed by atoms with Gasteiger partial charge in [-0.15, -0.1) is 0 Å². The Kier molecular flexibility index (Phi) is 4.87. The number of rotatable bonds is 5. The van der Waals surface area contributed by atoms with Crippen LogP contribution in [0.15, 0.2) is 42.5 Å². The molecule has 0 heterocycles. The van der Waals surface area contributed by atoms with Crippen molar-refractivity contribution in [3.8, 4) is 0 Å². The number of carbonyl (C=O) groups is 1. The molecule has 0 fully saturated rings. The van der Waals surface area contributed by atoms with E-state index in [1.54, 1.807) is 6.07 Å². The van der Waals surface area contributed by atoms with Crippen molar-refractivity contribution in [3.63, 3.8) is 0 Å². The molecule has 2 N–H and O–H groups in total. The van der Waals surface area contributed by atoms with Gasteiger partial charge < -0.3 is 10.6 Å². The van der Waals surface area contributed by atoms with Gasteiger partial charge in [-0.3, -0.25) is 4.79 Å². The van der Waals surface area contributed by atoms with E-state index in [-0.39, 0.29) is 24.6 Å². The summed E-state index contributed by atoms with van der Waals surface area (Å²) in [5, 5.41) is 5.33. The fourth-order valence-corrected chi connectivity index (χ4v) is 1.91. The van der Waals surface area contributed by atoms with Gasteiger partial charge in [-0.25, -0.2) is 8.78 Å². The first-order valence-electron chi connectivity index (χ1n) is 6.60.